The summed E-state index contributed by atoms with van der Waals surface area (Å²) in [4.78, 5) is 38.5. The van der Waals surface area contributed by atoms with E-state index in [1.807, 2.05) is 0 Å². The first-order valence-corrected chi connectivity index (χ1v) is 15.2. The Bertz CT molecular complexity index is 1270. The van der Waals surface area contributed by atoms with Crippen molar-refractivity contribution in [1.82, 2.24) is 10.2 Å². The molecule has 4 rings (SSSR count). The van der Waals surface area contributed by atoms with Crippen LogP contribution in [0.3, 0.4) is 0 Å². The van der Waals surface area contributed by atoms with Gasteiger partial charge in [-0.25, -0.2) is 4.79 Å². The second-order valence-corrected chi connectivity index (χ2v) is 11.6. The van der Waals surface area contributed by atoms with E-state index in [0.717, 1.165) is 43.2 Å². The number of nitrogens with zero attached hydrogens (tertiary/aromatic N) is 1. The molecule has 2 aliphatic rings. The van der Waals surface area contributed by atoms with E-state index in [1.54, 1.807) is 29.2 Å². The van der Waals surface area contributed by atoms with Gasteiger partial charge in [-0.3, -0.25) is 9.59 Å². The lowest BCUT2D eigenvalue weighted by Gasteiger charge is -2.40. The molecule has 0 radical (unpaired) electrons. The number of urea groups is 1. The number of carbonyl (C=O) groups excluding carboxylic acids is 2. The number of alkyl halides is 3. The molecule has 2 fully saturated rings. The van der Waals surface area contributed by atoms with Gasteiger partial charge in [0, 0.05) is 35.9 Å². The minimum absolute atomic E-state index is 0.00863. The number of aliphatic hydroxyl groups excluding tert-OH is 1. The summed E-state index contributed by atoms with van der Waals surface area (Å²) in [5.41, 5.74) is 1.25. The van der Waals surface area contributed by atoms with Gasteiger partial charge in [-0.1, -0.05) is 44.2 Å². The average Bonchev–Trinajstić information content (AvgIpc) is 3.00. The molecular weight excluding hydrogens is 579 g/mol. The summed E-state index contributed by atoms with van der Waals surface area (Å²) in [5, 5.41) is 23.7. The molecule has 0 bridgehead atoms. The maximum absolute atomic E-state index is 13.7. The van der Waals surface area contributed by atoms with Gasteiger partial charge in [0.15, 0.2) is 0 Å². The number of rotatable bonds is 11. The number of hydrogen-bond donors (Lipinski definition) is 4. The highest BCUT2D eigenvalue weighted by Crippen LogP contribution is 2.40. The third kappa shape index (κ3) is 9.60. The quantitative estimate of drug-likeness (QED) is 0.229. The lowest BCUT2D eigenvalue weighted by molar-refractivity contribution is -0.275. The Balaban J connectivity index is 1.47. The molecule has 44 heavy (non-hydrogen) atoms. The fourth-order valence-electron chi connectivity index (χ4n) is 6.40. The average molecular weight is 620 g/mol. The lowest BCUT2D eigenvalue weighted by Crippen LogP contribution is -2.44. The number of nitrogens with one attached hydrogen (secondary N) is 2. The van der Waals surface area contributed by atoms with Crippen LogP contribution >= 0.6 is 0 Å². The van der Waals surface area contributed by atoms with Crippen molar-refractivity contribution in [3.05, 3.63) is 59.2 Å². The standard InChI is InChI=1S/C32H40F3N3O6/c33-32(34,35)44-28-15-12-26(18-25(28)20-39)37-31(43)38(27-13-10-23(11-14-27)22-4-2-1-3-5-22)19-21-6-8-24(9-7-21)30(42)36-17-16-29(40)41/h6-9,12,15,18,22-23,27,39H,1-5,10-11,13-14,16-17,19-20H2,(H,36,42)(H,37,43)(H,40,41). The first-order valence-electron chi connectivity index (χ1n) is 15.2. The summed E-state index contributed by atoms with van der Waals surface area (Å²) in [5.74, 6) is -0.571. The molecule has 0 atom stereocenters. The van der Waals surface area contributed by atoms with Crippen LogP contribution in [0.15, 0.2) is 42.5 Å². The van der Waals surface area contributed by atoms with Crippen LogP contribution in [0.5, 0.6) is 5.75 Å². The maximum Gasteiger partial charge on any atom is 0.573 e. The van der Waals surface area contributed by atoms with Gasteiger partial charge >= 0.3 is 18.4 Å². The van der Waals surface area contributed by atoms with Gasteiger partial charge in [-0.05, 0) is 73.4 Å². The molecule has 9 nitrogen and oxygen atoms in total. The molecule has 240 valence electrons. The van der Waals surface area contributed by atoms with Crippen LogP contribution in [0.25, 0.3) is 0 Å². The molecule has 0 spiro atoms. The summed E-state index contributed by atoms with van der Waals surface area (Å²) in [7, 11) is 0. The molecule has 0 unspecified atom stereocenters. The summed E-state index contributed by atoms with van der Waals surface area (Å²) in [6.45, 7) is -0.456. The van der Waals surface area contributed by atoms with E-state index in [9.17, 15) is 32.7 Å². The van der Waals surface area contributed by atoms with E-state index < -0.39 is 36.6 Å². The van der Waals surface area contributed by atoms with Crippen LogP contribution in [-0.4, -0.2) is 52.0 Å². The molecule has 2 aromatic rings. The number of hydrogen-bond acceptors (Lipinski definition) is 5. The number of ether oxygens (including phenoxy) is 1. The molecule has 2 saturated carbocycles. The molecule has 0 aliphatic heterocycles. The summed E-state index contributed by atoms with van der Waals surface area (Å²) in [6.07, 6.45) is 4.96. The van der Waals surface area contributed by atoms with Gasteiger partial charge in [0.05, 0.1) is 13.0 Å². The van der Waals surface area contributed by atoms with Crippen molar-refractivity contribution >= 4 is 23.6 Å². The number of halogens is 3. The van der Waals surface area contributed by atoms with Crippen molar-refractivity contribution < 1.29 is 42.5 Å². The Morgan fingerprint density at radius 2 is 1.57 bits per heavy atom. The first kappa shape index (κ1) is 33.1. The minimum Gasteiger partial charge on any atom is -0.481 e. The van der Waals surface area contributed by atoms with Crippen molar-refractivity contribution in [2.75, 3.05) is 11.9 Å². The third-order valence-corrected chi connectivity index (χ3v) is 8.66. The second kappa shape index (κ2) is 15.3. The first-order chi connectivity index (χ1) is 21.0. The Hall–Kier alpha value is -3.80. The van der Waals surface area contributed by atoms with E-state index in [-0.39, 0.29) is 36.8 Å². The molecule has 4 N–H and O–H groups in total. The van der Waals surface area contributed by atoms with Gasteiger partial charge in [-0.2, -0.15) is 0 Å². The zero-order chi connectivity index (χ0) is 31.7. The SMILES string of the molecule is O=C(O)CCNC(=O)c1ccc(CN(C(=O)Nc2ccc(OC(F)(F)F)c(CO)c2)C2CCC(C3CCCCC3)CC2)cc1. The van der Waals surface area contributed by atoms with E-state index >= 15 is 0 Å². The number of anilines is 1. The van der Waals surface area contributed by atoms with E-state index in [1.165, 1.54) is 44.2 Å². The van der Waals surface area contributed by atoms with E-state index in [2.05, 4.69) is 15.4 Å². The van der Waals surface area contributed by atoms with Crippen molar-refractivity contribution in [3.8, 4) is 5.75 Å². The molecule has 2 aromatic carbocycles. The van der Waals surface area contributed by atoms with Crippen LogP contribution in [0.4, 0.5) is 23.7 Å². The number of aliphatic carboxylic acids is 1. The fraction of sp³-hybridized carbons (Fsp3) is 0.531. The number of aliphatic hydroxyl groups is 1. The van der Waals surface area contributed by atoms with E-state index in [0.29, 0.717) is 11.5 Å². The number of carboxylic acids is 1. The smallest absolute Gasteiger partial charge is 0.481 e. The minimum atomic E-state index is -4.92. The Morgan fingerprint density at radius 3 is 2.18 bits per heavy atom. The predicted molar refractivity (Wildman–Crippen MR) is 157 cm³/mol. The molecule has 0 aromatic heterocycles. The van der Waals surface area contributed by atoms with Crippen molar-refractivity contribution in [2.45, 2.75) is 89.8 Å². The topological polar surface area (TPSA) is 128 Å². The van der Waals surface area contributed by atoms with Gasteiger partial charge in [0.1, 0.15) is 5.75 Å². The number of benzene rings is 2. The monoisotopic (exact) mass is 619 g/mol. The highest BCUT2D eigenvalue weighted by Gasteiger charge is 2.34. The van der Waals surface area contributed by atoms with Crippen LogP contribution in [0.2, 0.25) is 0 Å². The predicted octanol–water partition coefficient (Wildman–Crippen LogP) is 6.46. The Kier molecular flexibility index (Phi) is 11.5. The van der Waals surface area contributed by atoms with Crippen molar-refractivity contribution in [3.63, 3.8) is 0 Å². The summed E-state index contributed by atoms with van der Waals surface area (Å²) < 4.78 is 42.3. The molecular formula is C32H40F3N3O6. The fourth-order valence-corrected chi connectivity index (χ4v) is 6.40. The zero-order valence-electron chi connectivity index (χ0n) is 24.6. The lowest BCUT2D eigenvalue weighted by atomic mass is 9.72. The van der Waals surface area contributed by atoms with Crippen molar-refractivity contribution in [1.29, 1.82) is 0 Å². The van der Waals surface area contributed by atoms with Gasteiger partial charge < -0.3 is 30.5 Å². The molecule has 0 heterocycles. The van der Waals surface area contributed by atoms with Crippen LogP contribution in [0, 0.1) is 11.8 Å². The van der Waals surface area contributed by atoms with Gasteiger partial charge in [0.25, 0.3) is 5.91 Å². The highest BCUT2D eigenvalue weighted by molar-refractivity contribution is 5.94. The maximum atomic E-state index is 13.7. The molecule has 12 heteroatoms. The summed E-state index contributed by atoms with van der Waals surface area (Å²) >= 11 is 0. The second-order valence-electron chi connectivity index (χ2n) is 11.6. The molecule has 2 aliphatic carbocycles. The van der Waals surface area contributed by atoms with Gasteiger partial charge in [-0.15, -0.1) is 13.2 Å². The van der Waals surface area contributed by atoms with E-state index in [4.69, 9.17) is 5.11 Å². The van der Waals surface area contributed by atoms with Crippen LogP contribution < -0.4 is 15.4 Å². The molecule has 0 saturated heterocycles. The Morgan fingerprint density at radius 1 is 0.909 bits per heavy atom. The normalized spacial score (nSPS) is 19.2. The van der Waals surface area contributed by atoms with Crippen molar-refractivity contribution in [2.24, 2.45) is 11.8 Å². The zero-order valence-corrected chi connectivity index (χ0v) is 24.6. The largest absolute Gasteiger partial charge is 0.573 e. The van der Waals surface area contributed by atoms with Crippen LogP contribution in [-0.2, 0) is 17.9 Å². The van der Waals surface area contributed by atoms with Crippen LogP contribution in [0.1, 0.15) is 85.7 Å². The van der Waals surface area contributed by atoms with Gasteiger partial charge in [0.2, 0.25) is 0 Å². The third-order valence-electron chi connectivity index (χ3n) is 8.66. The Labute approximate surface area is 254 Å². The number of carboxylic acid groups (broad SMARTS) is 1. The highest BCUT2D eigenvalue weighted by atomic mass is 19.4. The summed E-state index contributed by atoms with van der Waals surface area (Å²) in [6, 6.07) is 9.87. The number of carbonyl (C=O) groups is 3. The number of amides is 3. The molecule has 3 amide bonds.